The highest BCUT2D eigenvalue weighted by Gasteiger charge is 2.20. The summed E-state index contributed by atoms with van der Waals surface area (Å²) in [7, 11) is 2.07. The van der Waals surface area contributed by atoms with Gasteiger partial charge in [-0.3, -0.25) is 0 Å². The number of ether oxygens (including phenoxy) is 1. The lowest BCUT2D eigenvalue weighted by molar-refractivity contribution is 0.307. The lowest BCUT2D eigenvalue weighted by atomic mass is 9.99. The number of hydrogen-bond acceptors (Lipinski definition) is 3. The first-order chi connectivity index (χ1) is 7.09. The van der Waals surface area contributed by atoms with E-state index in [1.165, 1.54) is 5.56 Å². The summed E-state index contributed by atoms with van der Waals surface area (Å²) < 4.78 is 5.74. The number of hydrogen-bond donors (Lipinski definition) is 1. The molecule has 1 heterocycles. The predicted molar refractivity (Wildman–Crippen MR) is 63.7 cm³/mol. The zero-order valence-electron chi connectivity index (χ0n) is 9.58. The van der Waals surface area contributed by atoms with Crippen molar-refractivity contribution in [1.29, 1.82) is 0 Å². The Labute approximate surface area is 90.8 Å². The molecule has 82 valence electrons. The standard InChI is InChI=1S/C12H18N2O/c1-8(2)10-6-9(13)7-11-12(10)15-5-4-14(11)3/h6-8H,4-5,13H2,1-3H3. The van der Waals surface area contributed by atoms with Gasteiger partial charge in [0.15, 0.2) is 0 Å². The van der Waals surface area contributed by atoms with Crippen LogP contribution in [0.5, 0.6) is 5.75 Å². The second-order valence-electron chi connectivity index (χ2n) is 4.38. The minimum Gasteiger partial charge on any atom is -0.489 e. The first-order valence-corrected chi connectivity index (χ1v) is 5.37. The molecule has 0 unspecified atom stereocenters. The van der Waals surface area contributed by atoms with Crippen LogP contribution in [0.1, 0.15) is 25.3 Å². The Hall–Kier alpha value is -1.38. The van der Waals surface area contributed by atoms with Gasteiger partial charge in [0, 0.05) is 18.3 Å². The first kappa shape index (κ1) is 10.1. The van der Waals surface area contributed by atoms with E-state index in [0.29, 0.717) is 5.92 Å². The fourth-order valence-corrected chi connectivity index (χ4v) is 1.93. The Morgan fingerprint density at radius 3 is 2.80 bits per heavy atom. The van der Waals surface area contributed by atoms with E-state index >= 15 is 0 Å². The van der Waals surface area contributed by atoms with Crippen molar-refractivity contribution in [2.24, 2.45) is 0 Å². The molecule has 0 spiro atoms. The van der Waals surface area contributed by atoms with Crippen LogP contribution >= 0.6 is 0 Å². The van der Waals surface area contributed by atoms with Crippen molar-refractivity contribution in [2.45, 2.75) is 19.8 Å². The number of anilines is 2. The molecule has 2 rings (SSSR count). The van der Waals surface area contributed by atoms with Crippen LogP contribution in [0.25, 0.3) is 0 Å². The second kappa shape index (κ2) is 3.65. The SMILES string of the molecule is CC(C)c1cc(N)cc2c1OCCN2C. The lowest BCUT2D eigenvalue weighted by Gasteiger charge is -2.30. The van der Waals surface area contributed by atoms with E-state index in [1.807, 2.05) is 12.1 Å². The van der Waals surface area contributed by atoms with Gasteiger partial charge >= 0.3 is 0 Å². The molecule has 0 aliphatic carbocycles. The largest absolute Gasteiger partial charge is 0.489 e. The van der Waals surface area contributed by atoms with E-state index in [4.69, 9.17) is 10.5 Å². The zero-order chi connectivity index (χ0) is 11.0. The van der Waals surface area contributed by atoms with Crippen molar-refractivity contribution in [3.05, 3.63) is 17.7 Å². The van der Waals surface area contributed by atoms with Crippen molar-refractivity contribution < 1.29 is 4.74 Å². The molecule has 0 saturated carbocycles. The number of benzene rings is 1. The molecule has 0 atom stereocenters. The summed E-state index contributed by atoms with van der Waals surface area (Å²) >= 11 is 0. The van der Waals surface area contributed by atoms with E-state index in [9.17, 15) is 0 Å². The summed E-state index contributed by atoms with van der Waals surface area (Å²) in [6.45, 7) is 6.00. The number of likely N-dealkylation sites (N-methyl/N-ethyl adjacent to an activating group) is 1. The van der Waals surface area contributed by atoms with Gasteiger partial charge in [0.2, 0.25) is 0 Å². The zero-order valence-corrected chi connectivity index (χ0v) is 9.58. The van der Waals surface area contributed by atoms with Crippen molar-refractivity contribution >= 4 is 11.4 Å². The quantitative estimate of drug-likeness (QED) is 0.716. The Morgan fingerprint density at radius 2 is 2.13 bits per heavy atom. The highest BCUT2D eigenvalue weighted by Crippen LogP contribution is 2.39. The average Bonchev–Trinajstić information content (AvgIpc) is 2.18. The Kier molecular flexibility index (Phi) is 2.47. The van der Waals surface area contributed by atoms with E-state index in [1.54, 1.807) is 0 Å². The van der Waals surface area contributed by atoms with E-state index < -0.39 is 0 Å². The number of nitrogens with zero attached hydrogens (tertiary/aromatic N) is 1. The van der Waals surface area contributed by atoms with Crippen LogP contribution in [0.3, 0.4) is 0 Å². The summed E-state index contributed by atoms with van der Waals surface area (Å²) in [5.74, 6) is 1.45. The molecular weight excluding hydrogens is 188 g/mol. The van der Waals surface area contributed by atoms with Gasteiger partial charge in [-0.05, 0) is 18.1 Å². The molecule has 0 fully saturated rings. The van der Waals surface area contributed by atoms with Gasteiger partial charge < -0.3 is 15.4 Å². The predicted octanol–water partition coefficient (Wildman–Crippen LogP) is 2.22. The third-order valence-electron chi connectivity index (χ3n) is 2.83. The molecule has 3 nitrogen and oxygen atoms in total. The number of rotatable bonds is 1. The van der Waals surface area contributed by atoms with E-state index in [-0.39, 0.29) is 0 Å². The third kappa shape index (κ3) is 1.74. The molecular formula is C12H18N2O. The Bertz CT molecular complexity index is 357. The van der Waals surface area contributed by atoms with Crippen molar-refractivity contribution in [3.8, 4) is 5.75 Å². The van der Waals surface area contributed by atoms with Crippen LogP contribution < -0.4 is 15.4 Å². The molecule has 0 bridgehead atoms. The fraction of sp³-hybridized carbons (Fsp3) is 0.500. The average molecular weight is 206 g/mol. The van der Waals surface area contributed by atoms with E-state index in [0.717, 1.165) is 30.3 Å². The van der Waals surface area contributed by atoms with Crippen molar-refractivity contribution in [1.82, 2.24) is 0 Å². The number of fused-ring (bicyclic) bond motifs is 1. The number of nitrogen functional groups attached to an aromatic ring is 1. The second-order valence-corrected chi connectivity index (χ2v) is 4.38. The van der Waals surface area contributed by atoms with Crippen molar-refractivity contribution in [2.75, 3.05) is 30.8 Å². The van der Waals surface area contributed by atoms with Gasteiger partial charge in [-0.2, -0.15) is 0 Å². The third-order valence-corrected chi connectivity index (χ3v) is 2.83. The normalized spacial score (nSPS) is 15.1. The summed E-state index contributed by atoms with van der Waals surface area (Å²) in [5, 5.41) is 0. The van der Waals surface area contributed by atoms with Gasteiger partial charge in [-0.25, -0.2) is 0 Å². The van der Waals surface area contributed by atoms with Gasteiger partial charge in [0.25, 0.3) is 0 Å². The van der Waals surface area contributed by atoms with Crippen LogP contribution in [0, 0.1) is 0 Å². The minimum atomic E-state index is 0.439. The summed E-state index contributed by atoms with van der Waals surface area (Å²) in [6.07, 6.45) is 0. The Balaban J connectivity index is 2.57. The molecule has 0 saturated heterocycles. The lowest BCUT2D eigenvalue weighted by Crippen LogP contribution is -2.29. The molecule has 15 heavy (non-hydrogen) atoms. The van der Waals surface area contributed by atoms with Crippen LogP contribution in [0.2, 0.25) is 0 Å². The molecule has 1 aliphatic rings. The van der Waals surface area contributed by atoms with Gasteiger partial charge in [0.05, 0.1) is 12.2 Å². The van der Waals surface area contributed by atoms with Crippen LogP contribution in [0.15, 0.2) is 12.1 Å². The maximum Gasteiger partial charge on any atom is 0.146 e. The first-order valence-electron chi connectivity index (χ1n) is 5.37. The van der Waals surface area contributed by atoms with Crippen LogP contribution in [0.4, 0.5) is 11.4 Å². The summed E-state index contributed by atoms with van der Waals surface area (Å²) in [5.41, 5.74) is 9.04. The monoisotopic (exact) mass is 206 g/mol. The molecule has 1 aromatic carbocycles. The highest BCUT2D eigenvalue weighted by atomic mass is 16.5. The van der Waals surface area contributed by atoms with Crippen LogP contribution in [-0.4, -0.2) is 20.2 Å². The molecule has 0 amide bonds. The van der Waals surface area contributed by atoms with Crippen LogP contribution in [-0.2, 0) is 0 Å². The molecule has 3 heteroatoms. The van der Waals surface area contributed by atoms with Crippen molar-refractivity contribution in [3.63, 3.8) is 0 Å². The molecule has 0 aromatic heterocycles. The molecule has 1 aliphatic heterocycles. The molecule has 1 aromatic rings. The number of nitrogens with two attached hydrogens (primary N) is 1. The maximum absolute atomic E-state index is 5.90. The van der Waals surface area contributed by atoms with Gasteiger partial charge in [0.1, 0.15) is 12.4 Å². The topological polar surface area (TPSA) is 38.5 Å². The minimum absolute atomic E-state index is 0.439. The van der Waals surface area contributed by atoms with E-state index in [2.05, 4.69) is 25.8 Å². The summed E-state index contributed by atoms with van der Waals surface area (Å²) in [6, 6.07) is 4.00. The maximum atomic E-state index is 5.90. The highest BCUT2D eigenvalue weighted by molar-refractivity contribution is 5.69. The molecule has 2 N–H and O–H groups in total. The molecule has 0 radical (unpaired) electrons. The van der Waals surface area contributed by atoms with Gasteiger partial charge in [-0.1, -0.05) is 13.8 Å². The smallest absolute Gasteiger partial charge is 0.146 e. The van der Waals surface area contributed by atoms with Gasteiger partial charge in [-0.15, -0.1) is 0 Å². The fourth-order valence-electron chi connectivity index (χ4n) is 1.93. The summed E-state index contributed by atoms with van der Waals surface area (Å²) in [4.78, 5) is 2.20. The Morgan fingerprint density at radius 1 is 1.40 bits per heavy atom.